The third-order valence-electron chi connectivity index (χ3n) is 4.12. The van der Waals surface area contributed by atoms with E-state index in [9.17, 15) is 4.79 Å². The minimum absolute atomic E-state index is 0.344. The van der Waals surface area contributed by atoms with Crippen LogP contribution in [0.15, 0.2) is 91.1 Å². The molecule has 4 aromatic rings. The molecule has 0 aliphatic heterocycles. The standard InChI is InChI=1S/C23H17ClN2O3/c24-18-8-10-19(11-9-18)26-23(27)29-22-14-17(15-25-22)16-6-12-21(13-7-16)28-20-4-2-1-3-5-20/h1-15,25H,(H,26,27). The van der Waals surface area contributed by atoms with Crippen LogP contribution in [0.2, 0.25) is 5.02 Å². The van der Waals surface area contributed by atoms with E-state index in [0.29, 0.717) is 16.6 Å². The van der Waals surface area contributed by atoms with Gasteiger partial charge in [-0.1, -0.05) is 41.9 Å². The fraction of sp³-hybridized carbons (Fsp3) is 0. The lowest BCUT2D eigenvalue weighted by atomic mass is 10.1. The molecule has 0 spiro atoms. The molecule has 0 saturated heterocycles. The summed E-state index contributed by atoms with van der Waals surface area (Å²) in [6.07, 6.45) is 1.19. The first-order chi connectivity index (χ1) is 14.2. The zero-order valence-corrected chi connectivity index (χ0v) is 16.0. The number of aromatic amines is 1. The van der Waals surface area contributed by atoms with Gasteiger partial charge in [-0.2, -0.15) is 0 Å². The highest BCUT2D eigenvalue weighted by molar-refractivity contribution is 6.30. The largest absolute Gasteiger partial charge is 0.457 e. The summed E-state index contributed by atoms with van der Waals surface area (Å²) in [6, 6.07) is 25.8. The van der Waals surface area contributed by atoms with Crippen molar-refractivity contribution in [3.05, 3.63) is 96.1 Å². The first kappa shape index (κ1) is 18.7. The zero-order chi connectivity index (χ0) is 20.1. The average Bonchev–Trinajstić information content (AvgIpc) is 3.19. The minimum Gasteiger partial charge on any atom is -0.457 e. The summed E-state index contributed by atoms with van der Waals surface area (Å²) in [4.78, 5) is 15.0. The number of aromatic nitrogens is 1. The molecule has 6 heteroatoms. The Balaban J connectivity index is 1.38. The predicted molar refractivity (Wildman–Crippen MR) is 114 cm³/mol. The van der Waals surface area contributed by atoms with Crippen LogP contribution in [0.4, 0.5) is 10.5 Å². The quantitative estimate of drug-likeness (QED) is 0.387. The molecule has 3 aromatic carbocycles. The molecular formula is C23H17ClN2O3. The van der Waals surface area contributed by atoms with Crippen LogP contribution in [-0.2, 0) is 0 Å². The molecule has 0 bridgehead atoms. The Morgan fingerprint density at radius 3 is 2.24 bits per heavy atom. The lowest BCUT2D eigenvalue weighted by molar-refractivity contribution is 0.213. The molecule has 1 amide bonds. The van der Waals surface area contributed by atoms with E-state index in [1.165, 1.54) is 0 Å². The van der Waals surface area contributed by atoms with Crippen molar-refractivity contribution in [1.29, 1.82) is 0 Å². The second kappa shape index (κ2) is 8.54. The fourth-order valence-electron chi connectivity index (χ4n) is 2.72. The Hall–Kier alpha value is -3.70. The number of para-hydroxylation sites is 1. The van der Waals surface area contributed by atoms with Crippen molar-refractivity contribution in [2.24, 2.45) is 0 Å². The number of benzene rings is 3. The molecule has 0 atom stereocenters. The first-order valence-electron chi connectivity index (χ1n) is 8.92. The molecule has 0 radical (unpaired) electrons. The van der Waals surface area contributed by atoms with Crippen molar-refractivity contribution in [3.8, 4) is 28.5 Å². The summed E-state index contributed by atoms with van der Waals surface area (Å²) in [5.74, 6) is 1.87. The third-order valence-corrected chi connectivity index (χ3v) is 4.37. The molecule has 0 fully saturated rings. The van der Waals surface area contributed by atoms with Gasteiger partial charge in [0, 0.05) is 28.5 Å². The van der Waals surface area contributed by atoms with Crippen molar-refractivity contribution >= 4 is 23.4 Å². The lowest BCUT2D eigenvalue weighted by Crippen LogP contribution is -2.16. The van der Waals surface area contributed by atoms with Gasteiger partial charge in [0.25, 0.3) is 0 Å². The monoisotopic (exact) mass is 404 g/mol. The van der Waals surface area contributed by atoms with Gasteiger partial charge in [-0.25, -0.2) is 4.79 Å². The fourth-order valence-corrected chi connectivity index (χ4v) is 2.84. The molecule has 0 saturated carbocycles. The molecule has 0 aliphatic rings. The Kier molecular flexibility index (Phi) is 5.49. The van der Waals surface area contributed by atoms with E-state index >= 15 is 0 Å². The van der Waals surface area contributed by atoms with E-state index in [-0.39, 0.29) is 0 Å². The number of H-pyrrole nitrogens is 1. The number of carbonyl (C=O) groups is 1. The van der Waals surface area contributed by atoms with Gasteiger partial charge >= 0.3 is 6.09 Å². The Morgan fingerprint density at radius 2 is 1.52 bits per heavy atom. The molecule has 144 valence electrons. The number of amides is 1. The molecule has 2 N–H and O–H groups in total. The molecule has 0 aliphatic carbocycles. The number of nitrogens with one attached hydrogen (secondary N) is 2. The van der Waals surface area contributed by atoms with Crippen LogP contribution >= 0.6 is 11.6 Å². The third kappa shape index (κ3) is 4.97. The van der Waals surface area contributed by atoms with Crippen molar-refractivity contribution < 1.29 is 14.3 Å². The maximum atomic E-state index is 12.0. The van der Waals surface area contributed by atoms with Gasteiger partial charge in [0.1, 0.15) is 11.5 Å². The average molecular weight is 405 g/mol. The van der Waals surface area contributed by atoms with Crippen LogP contribution in [0, 0.1) is 0 Å². The van der Waals surface area contributed by atoms with Crippen molar-refractivity contribution in [2.75, 3.05) is 5.32 Å². The topological polar surface area (TPSA) is 63.4 Å². The van der Waals surface area contributed by atoms with Crippen LogP contribution in [0.5, 0.6) is 17.4 Å². The van der Waals surface area contributed by atoms with Crippen LogP contribution < -0.4 is 14.8 Å². The minimum atomic E-state index is -0.590. The van der Waals surface area contributed by atoms with Crippen LogP contribution in [0.3, 0.4) is 0 Å². The highest BCUT2D eigenvalue weighted by Gasteiger charge is 2.09. The van der Waals surface area contributed by atoms with E-state index in [0.717, 1.165) is 22.6 Å². The number of anilines is 1. The maximum absolute atomic E-state index is 12.0. The second-order valence-electron chi connectivity index (χ2n) is 6.21. The summed E-state index contributed by atoms with van der Waals surface area (Å²) in [5, 5.41) is 3.24. The number of ether oxygens (including phenoxy) is 2. The van der Waals surface area contributed by atoms with Crippen molar-refractivity contribution in [2.45, 2.75) is 0 Å². The summed E-state index contributed by atoms with van der Waals surface area (Å²) in [5.41, 5.74) is 2.46. The van der Waals surface area contributed by atoms with E-state index < -0.39 is 6.09 Å². The van der Waals surface area contributed by atoms with Crippen molar-refractivity contribution in [1.82, 2.24) is 4.98 Å². The number of carbonyl (C=O) groups excluding carboxylic acids is 1. The summed E-state index contributed by atoms with van der Waals surface area (Å²) < 4.78 is 11.1. The Bertz CT molecular complexity index is 1090. The number of halogens is 1. The SMILES string of the molecule is O=C(Nc1ccc(Cl)cc1)Oc1cc(-c2ccc(Oc3ccccc3)cc2)c[nH]1. The van der Waals surface area contributed by atoms with Gasteiger partial charge in [-0.05, 0) is 54.1 Å². The van der Waals surface area contributed by atoms with Gasteiger partial charge in [-0.3, -0.25) is 5.32 Å². The summed E-state index contributed by atoms with van der Waals surface area (Å²) in [6.45, 7) is 0. The normalized spacial score (nSPS) is 10.4. The Labute approximate surface area is 172 Å². The maximum Gasteiger partial charge on any atom is 0.418 e. The second-order valence-corrected chi connectivity index (χ2v) is 6.65. The highest BCUT2D eigenvalue weighted by Crippen LogP contribution is 2.28. The van der Waals surface area contributed by atoms with E-state index in [4.69, 9.17) is 21.1 Å². The van der Waals surface area contributed by atoms with E-state index in [1.807, 2.05) is 54.6 Å². The van der Waals surface area contributed by atoms with Gasteiger partial charge in [-0.15, -0.1) is 0 Å². The summed E-state index contributed by atoms with van der Waals surface area (Å²) in [7, 11) is 0. The van der Waals surface area contributed by atoms with Crippen LogP contribution in [-0.4, -0.2) is 11.1 Å². The van der Waals surface area contributed by atoms with E-state index in [1.54, 1.807) is 36.5 Å². The van der Waals surface area contributed by atoms with Gasteiger partial charge in [0.2, 0.25) is 5.88 Å². The lowest BCUT2D eigenvalue weighted by Gasteiger charge is -2.06. The number of rotatable bonds is 5. The smallest absolute Gasteiger partial charge is 0.418 e. The van der Waals surface area contributed by atoms with Gasteiger partial charge < -0.3 is 14.5 Å². The van der Waals surface area contributed by atoms with Gasteiger partial charge in [0.15, 0.2) is 0 Å². The molecule has 5 nitrogen and oxygen atoms in total. The molecule has 1 aromatic heterocycles. The van der Waals surface area contributed by atoms with Crippen LogP contribution in [0.25, 0.3) is 11.1 Å². The molecule has 4 rings (SSSR count). The summed E-state index contributed by atoms with van der Waals surface area (Å²) >= 11 is 5.83. The molecular weight excluding hydrogens is 388 g/mol. The van der Waals surface area contributed by atoms with Crippen molar-refractivity contribution in [3.63, 3.8) is 0 Å². The Morgan fingerprint density at radius 1 is 0.828 bits per heavy atom. The van der Waals surface area contributed by atoms with Gasteiger partial charge in [0.05, 0.1) is 0 Å². The number of hydrogen-bond donors (Lipinski definition) is 2. The van der Waals surface area contributed by atoms with E-state index in [2.05, 4.69) is 10.3 Å². The zero-order valence-electron chi connectivity index (χ0n) is 15.3. The number of hydrogen-bond acceptors (Lipinski definition) is 3. The highest BCUT2D eigenvalue weighted by atomic mass is 35.5. The molecule has 1 heterocycles. The molecule has 0 unspecified atom stereocenters. The first-order valence-corrected chi connectivity index (χ1v) is 9.30. The molecule has 29 heavy (non-hydrogen) atoms. The van der Waals surface area contributed by atoms with Crippen LogP contribution in [0.1, 0.15) is 0 Å². The predicted octanol–water partition coefficient (Wildman–Crippen LogP) is 6.74.